The number of para-hydroxylation sites is 1. The highest BCUT2D eigenvalue weighted by molar-refractivity contribution is 6.01. The Morgan fingerprint density at radius 3 is 2.30 bits per heavy atom. The SMILES string of the molecule is CC(=O)N(Cc1ccco1)C1(C(=O)Nc2c(C)cccc2C)CCCCC1. The summed E-state index contributed by atoms with van der Waals surface area (Å²) in [6.07, 6.45) is 5.89. The van der Waals surface area contributed by atoms with Crippen molar-refractivity contribution in [3.63, 3.8) is 0 Å². The monoisotopic (exact) mass is 368 g/mol. The van der Waals surface area contributed by atoms with Crippen LogP contribution in [0.25, 0.3) is 0 Å². The molecule has 1 aliphatic rings. The van der Waals surface area contributed by atoms with E-state index < -0.39 is 5.54 Å². The lowest BCUT2D eigenvalue weighted by molar-refractivity contribution is -0.147. The molecule has 0 atom stereocenters. The summed E-state index contributed by atoms with van der Waals surface area (Å²) in [6, 6.07) is 9.60. The van der Waals surface area contributed by atoms with Crippen LogP contribution in [0, 0.1) is 13.8 Å². The molecule has 5 nitrogen and oxygen atoms in total. The third kappa shape index (κ3) is 3.92. The quantitative estimate of drug-likeness (QED) is 0.840. The van der Waals surface area contributed by atoms with Crippen LogP contribution in [0.15, 0.2) is 41.0 Å². The predicted molar refractivity (Wildman–Crippen MR) is 105 cm³/mol. The number of rotatable bonds is 5. The molecule has 27 heavy (non-hydrogen) atoms. The first-order valence-electron chi connectivity index (χ1n) is 9.62. The summed E-state index contributed by atoms with van der Waals surface area (Å²) in [5.74, 6) is 0.487. The summed E-state index contributed by atoms with van der Waals surface area (Å²) >= 11 is 0. The smallest absolute Gasteiger partial charge is 0.250 e. The number of carbonyl (C=O) groups excluding carboxylic acids is 2. The minimum atomic E-state index is -0.842. The van der Waals surface area contributed by atoms with E-state index in [2.05, 4.69) is 5.32 Å². The van der Waals surface area contributed by atoms with E-state index in [0.29, 0.717) is 25.1 Å². The highest BCUT2D eigenvalue weighted by atomic mass is 16.3. The van der Waals surface area contributed by atoms with Crippen molar-refractivity contribution in [1.82, 2.24) is 4.90 Å². The predicted octanol–water partition coefficient (Wildman–Crippen LogP) is 4.59. The molecule has 5 heteroatoms. The van der Waals surface area contributed by atoms with Crippen LogP contribution >= 0.6 is 0 Å². The van der Waals surface area contributed by atoms with Gasteiger partial charge in [0.25, 0.3) is 0 Å². The molecule has 1 aromatic heterocycles. The maximum atomic E-state index is 13.5. The van der Waals surface area contributed by atoms with Crippen molar-refractivity contribution in [2.24, 2.45) is 0 Å². The lowest BCUT2D eigenvalue weighted by Crippen LogP contribution is -2.59. The normalized spacial score (nSPS) is 16.0. The van der Waals surface area contributed by atoms with E-state index in [1.54, 1.807) is 17.2 Å². The van der Waals surface area contributed by atoms with Crippen LogP contribution in [0.4, 0.5) is 5.69 Å². The Morgan fingerprint density at radius 2 is 1.74 bits per heavy atom. The summed E-state index contributed by atoms with van der Waals surface area (Å²) < 4.78 is 5.46. The first kappa shape index (κ1) is 19.2. The fourth-order valence-electron chi connectivity index (χ4n) is 4.12. The van der Waals surface area contributed by atoms with Gasteiger partial charge in [-0.2, -0.15) is 0 Å². The average Bonchev–Trinajstić information content (AvgIpc) is 3.16. The Bertz CT molecular complexity index is 785. The molecular formula is C22H28N2O3. The van der Waals surface area contributed by atoms with Gasteiger partial charge in [-0.1, -0.05) is 37.5 Å². The maximum Gasteiger partial charge on any atom is 0.250 e. The van der Waals surface area contributed by atoms with Crippen LogP contribution < -0.4 is 5.32 Å². The molecule has 0 spiro atoms. The van der Waals surface area contributed by atoms with Gasteiger partial charge in [0.05, 0.1) is 12.8 Å². The Balaban J connectivity index is 1.95. The minimum absolute atomic E-state index is 0.0960. The number of nitrogens with zero attached hydrogens (tertiary/aromatic N) is 1. The highest BCUT2D eigenvalue weighted by Gasteiger charge is 2.46. The first-order chi connectivity index (χ1) is 12.9. The molecule has 1 fully saturated rings. The second kappa shape index (κ2) is 7.99. The summed E-state index contributed by atoms with van der Waals surface area (Å²) in [5, 5.41) is 3.14. The summed E-state index contributed by atoms with van der Waals surface area (Å²) in [4.78, 5) is 27.8. The molecule has 1 aliphatic carbocycles. The van der Waals surface area contributed by atoms with Crippen molar-refractivity contribution in [2.75, 3.05) is 5.32 Å². The second-order valence-corrected chi connectivity index (χ2v) is 7.50. The Kier molecular flexibility index (Phi) is 5.68. The third-order valence-corrected chi connectivity index (χ3v) is 5.61. The number of carbonyl (C=O) groups is 2. The first-order valence-corrected chi connectivity index (χ1v) is 9.62. The zero-order valence-corrected chi connectivity index (χ0v) is 16.4. The standard InChI is InChI=1S/C22H28N2O3/c1-16-9-7-10-17(2)20(16)23-21(26)22(12-5-4-6-13-22)24(18(3)25)15-19-11-8-14-27-19/h7-11,14H,4-6,12-13,15H2,1-3H3,(H,23,26). The summed E-state index contributed by atoms with van der Waals surface area (Å²) in [5.41, 5.74) is 2.05. The Hall–Kier alpha value is -2.56. The van der Waals surface area contributed by atoms with Crippen molar-refractivity contribution in [3.05, 3.63) is 53.5 Å². The van der Waals surface area contributed by atoms with Crippen molar-refractivity contribution >= 4 is 17.5 Å². The van der Waals surface area contributed by atoms with Gasteiger partial charge in [-0.15, -0.1) is 0 Å². The third-order valence-electron chi connectivity index (χ3n) is 5.61. The van der Waals surface area contributed by atoms with E-state index >= 15 is 0 Å². The zero-order chi connectivity index (χ0) is 19.4. The van der Waals surface area contributed by atoms with Crippen molar-refractivity contribution < 1.29 is 14.0 Å². The van der Waals surface area contributed by atoms with Gasteiger partial charge in [-0.05, 0) is 49.9 Å². The molecule has 1 N–H and O–H groups in total. The molecular weight excluding hydrogens is 340 g/mol. The van der Waals surface area contributed by atoms with E-state index in [-0.39, 0.29) is 11.8 Å². The van der Waals surface area contributed by atoms with Gasteiger partial charge in [0.2, 0.25) is 11.8 Å². The number of furan rings is 1. The lowest BCUT2D eigenvalue weighted by atomic mass is 9.79. The number of hydrogen-bond donors (Lipinski definition) is 1. The topological polar surface area (TPSA) is 62.6 Å². The molecule has 2 aromatic rings. The fraction of sp³-hybridized carbons (Fsp3) is 0.455. The molecule has 144 valence electrons. The molecule has 2 amide bonds. The van der Waals surface area contributed by atoms with E-state index in [1.807, 2.05) is 38.1 Å². The Morgan fingerprint density at radius 1 is 1.07 bits per heavy atom. The summed E-state index contributed by atoms with van der Waals surface area (Å²) in [7, 11) is 0. The van der Waals surface area contributed by atoms with Crippen LogP contribution in [0.3, 0.4) is 0 Å². The Labute approximate surface area is 160 Å². The number of anilines is 1. The molecule has 0 radical (unpaired) electrons. The fourth-order valence-corrected chi connectivity index (χ4v) is 4.12. The van der Waals surface area contributed by atoms with Crippen LogP contribution in [0.1, 0.15) is 55.9 Å². The molecule has 0 aliphatic heterocycles. The maximum absolute atomic E-state index is 13.5. The van der Waals surface area contributed by atoms with Crippen LogP contribution in [0.2, 0.25) is 0 Å². The van der Waals surface area contributed by atoms with Gasteiger partial charge in [0.15, 0.2) is 0 Å². The number of amides is 2. The van der Waals surface area contributed by atoms with Gasteiger partial charge in [0.1, 0.15) is 11.3 Å². The van der Waals surface area contributed by atoms with Crippen molar-refractivity contribution in [2.45, 2.75) is 65.0 Å². The van der Waals surface area contributed by atoms with E-state index in [4.69, 9.17) is 4.42 Å². The van der Waals surface area contributed by atoms with E-state index in [0.717, 1.165) is 36.1 Å². The molecule has 1 saturated carbocycles. The molecule has 3 rings (SSSR count). The summed E-state index contributed by atoms with van der Waals surface area (Å²) in [6.45, 7) is 5.82. The van der Waals surface area contributed by atoms with Crippen LogP contribution in [-0.4, -0.2) is 22.3 Å². The zero-order valence-electron chi connectivity index (χ0n) is 16.4. The number of nitrogens with one attached hydrogen (secondary N) is 1. The van der Waals surface area contributed by atoms with Gasteiger partial charge >= 0.3 is 0 Å². The second-order valence-electron chi connectivity index (χ2n) is 7.50. The number of hydrogen-bond acceptors (Lipinski definition) is 3. The van der Waals surface area contributed by atoms with Gasteiger partial charge in [0, 0.05) is 12.6 Å². The van der Waals surface area contributed by atoms with Gasteiger partial charge < -0.3 is 14.6 Å². The molecule has 0 unspecified atom stereocenters. The van der Waals surface area contributed by atoms with Crippen molar-refractivity contribution in [1.29, 1.82) is 0 Å². The van der Waals surface area contributed by atoms with E-state index in [9.17, 15) is 9.59 Å². The van der Waals surface area contributed by atoms with Crippen LogP contribution in [0.5, 0.6) is 0 Å². The van der Waals surface area contributed by atoms with E-state index in [1.165, 1.54) is 6.92 Å². The largest absolute Gasteiger partial charge is 0.467 e. The molecule has 1 aromatic carbocycles. The van der Waals surface area contributed by atoms with Gasteiger partial charge in [-0.3, -0.25) is 9.59 Å². The lowest BCUT2D eigenvalue weighted by Gasteiger charge is -2.44. The van der Waals surface area contributed by atoms with Crippen LogP contribution in [-0.2, 0) is 16.1 Å². The molecule has 0 saturated heterocycles. The minimum Gasteiger partial charge on any atom is -0.467 e. The van der Waals surface area contributed by atoms with Gasteiger partial charge in [-0.25, -0.2) is 0 Å². The average molecular weight is 368 g/mol. The van der Waals surface area contributed by atoms with Crippen molar-refractivity contribution in [3.8, 4) is 0 Å². The number of aryl methyl sites for hydroxylation is 2. The molecule has 0 bridgehead atoms. The number of benzene rings is 1. The molecule has 1 heterocycles. The highest BCUT2D eigenvalue weighted by Crippen LogP contribution is 2.37.